The van der Waals surface area contributed by atoms with Crippen molar-refractivity contribution < 1.29 is 48.6 Å². The van der Waals surface area contributed by atoms with Crippen LogP contribution in [0.2, 0.25) is 0 Å². The highest BCUT2D eigenvalue weighted by atomic mass is 16.4. The molecule has 0 saturated carbocycles. The maximum Gasteiger partial charge on any atom is 0.326 e. The molecule has 0 rings (SSSR count). The minimum absolute atomic E-state index is 0.337. The SMILES string of the molecule is NC(=O)CCC(NC(=O)C(N)CC(N)=O)C(=O)NC(CCC(N)=O)C(=O)NC(CCC(=O)O)C(=O)O. The lowest BCUT2D eigenvalue weighted by Gasteiger charge is -2.25. The molecular weight excluding hydrogens is 486 g/mol. The number of primary amides is 3. The lowest BCUT2D eigenvalue weighted by molar-refractivity contribution is -0.143. The molecule has 6 amide bonds. The Labute approximate surface area is 204 Å². The number of nitrogens with one attached hydrogen (secondary N) is 3. The zero-order valence-electron chi connectivity index (χ0n) is 19.2. The summed E-state index contributed by atoms with van der Waals surface area (Å²) < 4.78 is 0. The highest BCUT2D eigenvalue weighted by Gasteiger charge is 2.31. The van der Waals surface area contributed by atoms with Crippen LogP contribution >= 0.6 is 0 Å². The number of nitrogens with two attached hydrogens (primary N) is 4. The first kappa shape index (κ1) is 31.7. The third kappa shape index (κ3) is 13.4. The zero-order chi connectivity index (χ0) is 28.0. The highest BCUT2D eigenvalue weighted by Crippen LogP contribution is 2.06. The third-order valence-electron chi connectivity index (χ3n) is 4.64. The molecule has 0 fully saturated rings. The van der Waals surface area contributed by atoms with Crippen LogP contribution in [-0.2, 0) is 38.4 Å². The Morgan fingerprint density at radius 1 is 0.583 bits per heavy atom. The van der Waals surface area contributed by atoms with Crippen molar-refractivity contribution in [1.82, 2.24) is 16.0 Å². The molecule has 17 heteroatoms. The summed E-state index contributed by atoms with van der Waals surface area (Å²) in [5.41, 5.74) is 20.7. The van der Waals surface area contributed by atoms with E-state index in [1.807, 2.05) is 0 Å². The van der Waals surface area contributed by atoms with Crippen LogP contribution in [0.1, 0.15) is 44.9 Å². The minimum Gasteiger partial charge on any atom is -0.481 e. The third-order valence-corrected chi connectivity index (χ3v) is 4.64. The number of carboxylic acids is 2. The molecule has 36 heavy (non-hydrogen) atoms. The van der Waals surface area contributed by atoms with Crippen LogP contribution < -0.4 is 38.9 Å². The molecule has 4 unspecified atom stereocenters. The van der Waals surface area contributed by atoms with Gasteiger partial charge in [-0.3, -0.25) is 33.6 Å². The summed E-state index contributed by atoms with van der Waals surface area (Å²) in [7, 11) is 0. The van der Waals surface area contributed by atoms with Gasteiger partial charge in [-0.05, 0) is 19.3 Å². The number of aliphatic carboxylic acids is 2. The molecule has 13 N–H and O–H groups in total. The molecule has 202 valence electrons. The number of carbonyl (C=O) groups is 8. The van der Waals surface area contributed by atoms with Crippen LogP contribution in [0.3, 0.4) is 0 Å². The first-order valence-corrected chi connectivity index (χ1v) is 10.6. The van der Waals surface area contributed by atoms with E-state index >= 15 is 0 Å². The minimum atomic E-state index is -1.63. The highest BCUT2D eigenvalue weighted by molar-refractivity contribution is 5.95. The van der Waals surface area contributed by atoms with E-state index in [9.17, 15) is 43.5 Å². The summed E-state index contributed by atoms with van der Waals surface area (Å²) in [6, 6.07) is -6.07. The Hall–Kier alpha value is -4.28. The Bertz CT molecular complexity index is 879. The number of amides is 6. The predicted octanol–water partition coefficient (Wildman–Crippen LogP) is -4.88. The van der Waals surface area contributed by atoms with Crippen LogP contribution in [0.4, 0.5) is 0 Å². The molecule has 0 heterocycles. The summed E-state index contributed by atoms with van der Waals surface area (Å²) in [6.45, 7) is 0. The Kier molecular flexibility index (Phi) is 13.7. The monoisotopic (exact) mass is 517 g/mol. The van der Waals surface area contributed by atoms with Gasteiger partial charge >= 0.3 is 11.9 Å². The van der Waals surface area contributed by atoms with E-state index in [-0.39, 0.29) is 19.3 Å². The fraction of sp³-hybridized carbons (Fsp3) is 0.579. The molecule has 0 saturated heterocycles. The van der Waals surface area contributed by atoms with E-state index in [1.54, 1.807) is 0 Å². The maximum absolute atomic E-state index is 12.8. The number of carboxylic acid groups (broad SMARTS) is 2. The van der Waals surface area contributed by atoms with Crippen molar-refractivity contribution in [2.45, 2.75) is 69.1 Å². The van der Waals surface area contributed by atoms with Gasteiger partial charge in [0.15, 0.2) is 0 Å². The largest absolute Gasteiger partial charge is 0.481 e. The Morgan fingerprint density at radius 3 is 1.33 bits per heavy atom. The molecule has 0 bridgehead atoms. The van der Waals surface area contributed by atoms with Crippen LogP contribution in [0.5, 0.6) is 0 Å². The molecule has 0 aromatic heterocycles. The molecule has 0 aliphatic carbocycles. The van der Waals surface area contributed by atoms with Gasteiger partial charge in [-0.25, -0.2) is 4.79 Å². The van der Waals surface area contributed by atoms with Crippen LogP contribution in [0.25, 0.3) is 0 Å². The first-order valence-electron chi connectivity index (χ1n) is 10.6. The van der Waals surface area contributed by atoms with Gasteiger partial charge in [0.2, 0.25) is 35.4 Å². The van der Waals surface area contributed by atoms with Crippen molar-refractivity contribution in [3.8, 4) is 0 Å². The number of rotatable bonds is 18. The second kappa shape index (κ2) is 15.6. The fourth-order valence-electron chi connectivity index (χ4n) is 2.77. The number of carbonyl (C=O) groups excluding carboxylic acids is 6. The molecule has 0 aromatic carbocycles. The molecule has 0 aliphatic heterocycles. The number of hydrogen-bond donors (Lipinski definition) is 9. The van der Waals surface area contributed by atoms with Gasteiger partial charge in [0.25, 0.3) is 0 Å². The molecule has 0 aromatic rings. The molecular formula is C19H31N7O10. The molecule has 4 atom stereocenters. The van der Waals surface area contributed by atoms with Gasteiger partial charge in [-0.15, -0.1) is 0 Å². The van der Waals surface area contributed by atoms with Crippen molar-refractivity contribution in [3.05, 3.63) is 0 Å². The summed E-state index contributed by atoms with van der Waals surface area (Å²) in [4.78, 5) is 93.2. The lowest BCUT2D eigenvalue weighted by atomic mass is 10.1. The van der Waals surface area contributed by atoms with Gasteiger partial charge in [0, 0.05) is 19.3 Å². The van der Waals surface area contributed by atoms with E-state index in [4.69, 9.17) is 28.0 Å². The van der Waals surface area contributed by atoms with Crippen molar-refractivity contribution in [2.24, 2.45) is 22.9 Å². The second-order valence-corrected chi connectivity index (χ2v) is 7.74. The summed E-state index contributed by atoms with van der Waals surface area (Å²) in [5, 5.41) is 24.5. The summed E-state index contributed by atoms with van der Waals surface area (Å²) in [6.07, 6.45) is -3.10. The molecule has 0 radical (unpaired) electrons. The van der Waals surface area contributed by atoms with Crippen LogP contribution in [0.15, 0.2) is 0 Å². The van der Waals surface area contributed by atoms with Gasteiger partial charge in [0.05, 0.1) is 12.5 Å². The van der Waals surface area contributed by atoms with Gasteiger partial charge < -0.3 is 49.1 Å². The van der Waals surface area contributed by atoms with E-state index in [0.717, 1.165) is 0 Å². The molecule has 0 spiro atoms. The smallest absolute Gasteiger partial charge is 0.326 e. The van der Waals surface area contributed by atoms with Gasteiger partial charge in [-0.2, -0.15) is 0 Å². The van der Waals surface area contributed by atoms with E-state index in [1.165, 1.54) is 0 Å². The summed E-state index contributed by atoms with van der Waals surface area (Å²) in [5.74, 6) is -8.50. The van der Waals surface area contributed by atoms with Crippen molar-refractivity contribution >= 4 is 47.4 Å². The quantitative estimate of drug-likeness (QED) is 0.0829. The van der Waals surface area contributed by atoms with Gasteiger partial charge in [-0.1, -0.05) is 0 Å². The average molecular weight is 517 g/mol. The van der Waals surface area contributed by atoms with Crippen molar-refractivity contribution in [3.63, 3.8) is 0 Å². The Morgan fingerprint density at radius 2 is 0.972 bits per heavy atom. The maximum atomic E-state index is 12.8. The van der Waals surface area contributed by atoms with E-state index < -0.39 is 97.2 Å². The summed E-state index contributed by atoms with van der Waals surface area (Å²) >= 11 is 0. The fourth-order valence-corrected chi connectivity index (χ4v) is 2.77. The first-order chi connectivity index (χ1) is 16.6. The molecule has 0 aliphatic rings. The standard InChI is InChI=1S/C19H31N7O10/c20-8(7-14(23)29)16(32)24-9(1-4-12(21)27)17(33)25-10(2-5-13(22)28)18(34)26-11(19(35)36)3-6-15(30)31/h8-11H,1-7,20H2,(H2,21,27)(H2,22,28)(H2,23,29)(H,24,32)(H,25,33)(H,26,34)(H,30,31)(H,35,36). The van der Waals surface area contributed by atoms with Crippen LogP contribution in [0, 0.1) is 0 Å². The van der Waals surface area contributed by atoms with Crippen LogP contribution in [-0.4, -0.2) is 81.8 Å². The zero-order valence-corrected chi connectivity index (χ0v) is 19.2. The van der Waals surface area contributed by atoms with E-state index in [0.29, 0.717) is 0 Å². The lowest BCUT2D eigenvalue weighted by Crippen LogP contribution is -2.57. The second-order valence-electron chi connectivity index (χ2n) is 7.74. The topological polar surface area (TPSA) is 317 Å². The number of hydrogen-bond acceptors (Lipinski definition) is 9. The van der Waals surface area contributed by atoms with Gasteiger partial charge in [0.1, 0.15) is 18.1 Å². The molecule has 17 nitrogen and oxygen atoms in total. The Balaban J connectivity index is 5.66. The average Bonchev–Trinajstić information content (AvgIpc) is 2.75. The van der Waals surface area contributed by atoms with Crippen molar-refractivity contribution in [2.75, 3.05) is 0 Å². The normalized spacial score (nSPS) is 13.8. The predicted molar refractivity (Wildman–Crippen MR) is 119 cm³/mol. The van der Waals surface area contributed by atoms with Crippen molar-refractivity contribution in [1.29, 1.82) is 0 Å². The van der Waals surface area contributed by atoms with E-state index in [2.05, 4.69) is 16.0 Å².